The molecule has 0 saturated carbocycles. The number of aromatic nitrogens is 1. The van der Waals surface area contributed by atoms with Crippen LogP contribution in [0, 0.1) is 17.5 Å². The first-order valence-electron chi connectivity index (χ1n) is 8.01. The molecule has 4 aromatic rings. The number of amides is 1. The molecule has 2 heterocycles. The molecular formula is C19H9F3N2O4S. The molecule has 0 unspecified atom stereocenters. The van der Waals surface area contributed by atoms with Gasteiger partial charge in [0.05, 0.1) is 0 Å². The zero-order chi connectivity index (χ0) is 20.7. The lowest BCUT2D eigenvalue weighted by molar-refractivity contribution is 0.0699. The summed E-state index contributed by atoms with van der Waals surface area (Å²) in [6.45, 7) is 0. The number of nitrogens with one attached hydrogen (secondary N) is 1. The Balaban J connectivity index is 1.71. The van der Waals surface area contributed by atoms with Gasteiger partial charge in [-0.15, -0.1) is 11.3 Å². The maximum absolute atomic E-state index is 13.5. The number of oxazole rings is 1. The normalized spacial score (nSPS) is 11.0. The summed E-state index contributed by atoms with van der Waals surface area (Å²) in [6.07, 6.45) is 0. The maximum atomic E-state index is 13.5. The molecule has 2 aromatic carbocycles. The van der Waals surface area contributed by atoms with Crippen LogP contribution in [0.5, 0.6) is 0 Å². The lowest BCUT2D eigenvalue weighted by atomic mass is 10.0. The molecule has 146 valence electrons. The highest BCUT2D eigenvalue weighted by Gasteiger charge is 2.24. The van der Waals surface area contributed by atoms with Crippen molar-refractivity contribution < 1.29 is 32.3 Å². The number of aromatic carboxylic acids is 1. The summed E-state index contributed by atoms with van der Waals surface area (Å²) in [6, 6.07) is 8.02. The Bertz CT molecular complexity index is 1230. The number of carbonyl (C=O) groups is 2. The number of halogens is 3. The van der Waals surface area contributed by atoms with Crippen molar-refractivity contribution in [2.24, 2.45) is 0 Å². The van der Waals surface area contributed by atoms with E-state index in [9.17, 15) is 27.9 Å². The highest BCUT2D eigenvalue weighted by Crippen LogP contribution is 2.37. The van der Waals surface area contributed by atoms with Crippen LogP contribution in [0.2, 0.25) is 0 Å². The van der Waals surface area contributed by atoms with E-state index in [2.05, 4.69) is 10.3 Å². The van der Waals surface area contributed by atoms with Crippen LogP contribution in [0.4, 0.5) is 18.2 Å². The molecule has 0 radical (unpaired) electrons. The molecule has 0 spiro atoms. The molecule has 1 amide bonds. The Morgan fingerprint density at radius 1 is 1.10 bits per heavy atom. The highest BCUT2D eigenvalue weighted by atomic mass is 32.1. The van der Waals surface area contributed by atoms with E-state index >= 15 is 0 Å². The van der Waals surface area contributed by atoms with Crippen molar-refractivity contribution in [3.8, 4) is 11.1 Å². The number of anilines is 1. The fourth-order valence-corrected chi connectivity index (χ4v) is 3.67. The van der Waals surface area contributed by atoms with Crippen LogP contribution in [0.3, 0.4) is 0 Å². The van der Waals surface area contributed by atoms with Crippen molar-refractivity contribution in [1.82, 2.24) is 4.98 Å². The molecular weight excluding hydrogens is 409 g/mol. The number of carboxylic acids is 1. The maximum Gasteiger partial charge on any atom is 0.339 e. The monoisotopic (exact) mass is 418 g/mol. The van der Waals surface area contributed by atoms with Crippen LogP contribution < -0.4 is 5.32 Å². The average Bonchev–Trinajstić information content (AvgIpc) is 3.29. The van der Waals surface area contributed by atoms with E-state index in [-0.39, 0.29) is 22.0 Å². The van der Waals surface area contributed by atoms with E-state index in [1.54, 1.807) is 24.3 Å². The number of hydrogen-bond donors (Lipinski definition) is 2. The number of para-hydroxylation sites is 2. The van der Waals surface area contributed by atoms with Crippen LogP contribution in [-0.2, 0) is 0 Å². The third-order valence-electron chi connectivity index (χ3n) is 4.01. The van der Waals surface area contributed by atoms with Gasteiger partial charge >= 0.3 is 11.9 Å². The van der Waals surface area contributed by atoms with Crippen LogP contribution in [0.15, 0.2) is 46.2 Å². The van der Waals surface area contributed by atoms with Crippen molar-refractivity contribution in [3.05, 3.63) is 70.7 Å². The fraction of sp³-hybridized carbons (Fsp3) is 0. The predicted octanol–water partition coefficient (Wildman–Crippen LogP) is 4.92. The van der Waals surface area contributed by atoms with Gasteiger partial charge in [0.25, 0.3) is 5.89 Å². The molecule has 0 aliphatic rings. The summed E-state index contributed by atoms with van der Waals surface area (Å²) in [4.78, 5) is 28.2. The van der Waals surface area contributed by atoms with Crippen molar-refractivity contribution in [2.45, 2.75) is 0 Å². The zero-order valence-electron chi connectivity index (χ0n) is 14.2. The van der Waals surface area contributed by atoms with E-state index in [0.29, 0.717) is 23.2 Å². The Labute approximate surface area is 164 Å². The second-order valence-electron chi connectivity index (χ2n) is 5.85. The summed E-state index contributed by atoms with van der Waals surface area (Å²) in [5.74, 6) is -7.10. The predicted molar refractivity (Wildman–Crippen MR) is 98.6 cm³/mol. The van der Waals surface area contributed by atoms with Gasteiger partial charge in [-0.25, -0.2) is 22.9 Å². The van der Waals surface area contributed by atoms with Gasteiger partial charge in [-0.3, -0.25) is 4.79 Å². The van der Waals surface area contributed by atoms with Crippen molar-refractivity contribution in [3.63, 3.8) is 0 Å². The van der Waals surface area contributed by atoms with E-state index in [4.69, 9.17) is 4.42 Å². The second-order valence-corrected chi connectivity index (χ2v) is 6.73. The Morgan fingerprint density at radius 2 is 1.79 bits per heavy atom. The summed E-state index contributed by atoms with van der Waals surface area (Å²) >= 11 is 0.824. The van der Waals surface area contributed by atoms with E-state index in [1.165, 1.54) is 5.38 Å². The molecule has 10 heteroatoms. The van der Waals surface area contributed by atoms with Gasteiger partial charge in [0.15, 0.2) is 23.0 Å². The molecule has 0 saturated heterocycles. The molecule has 2 N–H and O–H groups in total. The zero-order valence-corrected chi connectivity index (χ0v) is 15.0. The van der Waals surface area contributed by atoms with E-state index in [1.807, 2.05) is 0 Å². The first kappa shape index (κ1) is 18.7. The number of benzene rings is 2. The van der Waals surface area contributed by atoms with Gasteiger partial charge in [0.1, 0.15) is 16.1 Å². The summed E-state index contributed by atoms with van der Waals surface area (Å²) in [7, 11) is 0. The lowest BCUT2D eigenvalue weighted by Gasteiger charge is -2.05. The fourth-order valence-electron chi connectivity index (χ4n) is 2.71. The number of carbonyl (C=O) groups excluding carboxylic acids is 1. The van der Waals surface area contributed by atoms with Gasteiger partial charge in [-0.2, -0.15) is 0 Å². The number of carboxylic acid groups (broad SMARTS) is 1. The SMILES string of the molecule is O=C(Nc1scc(-c2cc(F)c(F)c(F)c2)c1C(=O)O)c1nc2ccccc2o1. The Morgan fingerprint density at radius 3 is 2.45 bits per heavy atom. The molecule has 0 bridgehead atoms. The molecule has 0 aliphatic heterocycles. The minimum atomic E-state index is -1.66. The summed E-state index contributed by atoms with van der Waals surface area (Å²) in [5, 5.41) is 13.1. The minimum absolute atomic E-state index is 0.0758. The number of thiophene rings is 1. The number of fused-ring (bicyclic) bond motifs is 1. The molecule has 2 aromatic heterocycles. The largest absolute Gasteiger partial charge is 0.478 e. The third kappa shape index (κ3) is 3.34. The lowest BCUT2D eigenvalue weighted by Crippen LogP contribution is -2.13. The van der Waals surface area contributed by atoms with E-state index < -0.39 is 34.9 Å². The van der Waals surface area contributed by atoms with E-state index in [0.717, 1.165) is 11.3 Å². The molecule has 4 rings (SSSR count). The first-order chi connectivity index (χ1) is 13.8. The number of nitrogens with zero attached hydrogens (tertiary/aromatic N) is 1. The van der Waals surface area contributed by atoms with Crippen LogP contribution >= 0.6 is 11.3 Å². The van der Waals surface area contributed by atoms with Crippen LogP contribution in [-0.4, -0.2) is 22.0 Å². The summed E-state index contributed by atoms with van der Waals surface area (Å²) in [5.41, 5.74) is 0.163. The van der Waals surface area contributed by atoms with Crippen molar-refractivity contribution >= 4 is 39.3 Å². The van der Waals surface area contributed by atoms with Crippen LogP contribution in [0.25, 0.3) is 22.2 Å². The van der Waals surface area contributed by atoms with Crippen molar-refractivity contribution in [2.75, 3.05) is 5.32 Å². The first-order valence-corrected chi connectivity index (χ1v) is 8.89. The Kier molecular flexibility index (Phi) is 4.55. The second kappa shape index (κ2) is 7.06. The van der Waals surface area contributed by atoms with Crippen LogP contribution in [0.1, 0.15) is 21.0 Å². The topological polar surface area (TPSA) is 92.4 Å². The molecule has 0 aliphatic carbocycles. The average molecular weight is 418 g/mol. The van der Waals surface area contributed by atoms with Gasteiger partial charge in [0.2, 0.25) is 0 Å². The molecule has 0 fully saturated rings. The number of hydrogen-bond acceptors (Lipinski definition) is 5. The summed E-state index contributed by atoms with van der Waals surface area (Å²) < 4.78 is 45.6. The smallest absolute Gasteiger partial charge is 0.339 e. The molecule has 6 nitrogen and oxygen atoms in total. The quantitative estimate of drug-likeness (QED) is 0.459. The minimum Gasteiger partial charge on any atom is -0.478 e. The van der Waals surface area contributed by atoms with Gasteiger partial charge < -0.3 is 14.8 Å². The Hall–Kier alpha value is -3.66. The standard InChI is InChI=1S/C19H9F3N2O4S/c20-10-5-8(6-11(21)15(10)22)9-7-29-18(14(9)19(26)27)24-16(25)17-23-12-3-1-2-4-13(12)28-17/h1-7H,(H,24,25)(H,26,27). The van der Waals surface area contributed by atoms with Gasteiger partial charge in [-0.1, -0.05) is 12.1 Å². The highest BCUT2D eigenvalue weighted by molar-refractivity contribution is 7.15. The van der Waals surface area contributed by atoms with Crippen molar-refractivity contribution in [1.29, 1.82) is 0 Å². The molecule has 0 atom stereocenters. The molecule has 29 heavy (non-hydrogen) atoms. The van der Waals surface area contributed by atoms with Gasteiger partial charge in [-0.05, 0) is 29.8 Å². The third-order valence-corrected chi connectivity index (χ3v) is 4.91. The number of rotatable bonds is 4. The van der Waals surface area contributed by atoms with Gasteiger partial charge in [0, 0.05) is 10.9 Å².